The van der Waals surface area contributed by atoms with Crippen LogP contribution in [0, 0.1) is 17.3 Å². The van der Waals surface area contributed by atoms with Crippen molar-refractivity contribution in [2.45, 2.75) is 89.6 Å². The number of fused-ring (bicyclic) bond motifs is 1. The van der Waals surface area contributed by atoms with Gasteiger partial charge in [0.25, 0.3) is 0 Å². The summed E-state index contributed by atoms with van der Waals surface area (Å²) in [7, 11) is 2.13. The van der Waals surface area contributed by atoms with Gasteiger partial charge in [0, 0.05) is 36.9 Å². The number of likely N-dealkylation sites (tertiary alicyclic amines) is 1. The summed E-state index contributed by atoms with van der Waals surface area (Å²) >= 11 is 0. The molecule has 4 heterocycles. The molecule has 7 nitrogen and oxygen atoms in total. The lowest BCUT2D eigenvalue weighted by atomic mass is 9.55. The van der Waals surface area contributed by atoms with Gasteiger partial charge >= 0.3 is 11.9 Å². The summed E-state index contributed by atoms with van der Waals surface area (Å²) in [5, 5.41) is 0. The number of piperidine rings is 1. The Balaban J connectivity index is 1.32. The van der Waals surface area contributed by atoms with E-state index in [9.17, 15) is 18.0 Å². The molecule has 0 aromatic carbocycles. The fourth-order valence-electron chi connectivity index (χ4n) is 8.01. The molecule has 2 saturated carbocycles. The van der Waals surface area contributed by atoms with E-state index in [0.29, 0.717) is 23.9 Å². The number of nitrogens with zero attached hydrogens (tertiary/aromatic N) is 4. The first-order chi connectivity index (χ1) is 18.2. The molecule has 0 amide bonds. The van der Waals surface area contributed by atoms with Gasteiger partial charge in [-0.2, -0.15) is 13.2 Å². The van der Waals surface area contributed by atoms with Crippen molar-refractivity contribution in [2.75, 3.05) is 26.8 Å². The average molecular weight is 535 g/mol. The number of nitrogens with one attached hydrogen (secondary N) is 2. The molecule has 2 N–H and O–H groups in total. The lowest BCUT2D eigenvalue weighted by Gasteiger charge is -2.55. The molecule has 210 valence electrons. The van der Waals surface area contributed by atoms with E-state index >= 15 is 0 Å². The second kappa shape index (κ2) is 9.94. The molecule has 10 heteroatoms. The van der Waals surface area contributed by atoms with E-state index in [1.54, 1.807) is 10.8 Å². The Hall–Kier alpha value is -1.88. The second-order valence-corrected chi connectivity index (χ2v) is 12.6. The molecular weight excluding hydrogens is 493 g/mol. The summed E-state index contributed by atoms with van der Waals surface area (Å²) in [5.74, 6) is 0.968. The predicted molar refractivity (Wildman–Crippen MR) is 140 cm³/mol. The summed E-state index contributed by atoms with van der Waals surface area (Å²) in [6.07, 6.45) is 8.34. The summed E-state index contributed by atoms with van der Waals surface area (Å²) in [5.41, 5.74) is 6.37. The number of hydrazine groups is 1. The number of hydrogen-bond donors (Lipinski definition) is 2. The summed E-state index contributed by atoms with van der Waals surface area (Å²) in [4.78, 5) is 18.2. The molecule has 4 aliphatic rings. The van der Waals surface area contributed by atoms with Crippen LogP contribution in [0.25, 0.3) is 5.52 Å². The lowest BCUT2D eigenvalue weighted by molar-refractivity contribution is -0.136. The minimum absolute atomic E-state index is 0.0277. The Labute approximate surface area is 222 Å². The van der Waals surface area contributed by atoms with Crippen LogP contribution in [0.1, 0.15) is 81.9 Å². The van der Waals surface area contributed by atoms with Crippen LogP contribution in [0.15, 0.2) is 23.3 Å². The molecule has 4 atom stereocenters. The molecule has 2 aliphatic carbocycles. The smallest absolute Gasteiger partial charge is 0.299 e. The van der Waals surface area contributed by atoms with Gasteiger partial charge in [0.1, 0.15) is 0 Å². The molecule has 2 saturated heterocycles. The minimum atomic E-state index is -4.52. The SMILES string of the molecule is C[C@H]1CCCN(Cc2cc(C(F)(F)F)c3cn(C4CCCC(C5(C6NNCN6C)CCC5)C4)c(=O)n3c2)C1. The maximum Gasteiger partial charge on any atom is 0.418 e. The zero-order valence-corrected chi connectivity index (χ0v) is 22.6. The Morgan fingerprint density at radius 1 is 1.11 bits per heavy atom. The molecular formula is C28H41F3N6O. The highest BCUT2D eigenvalue weighted by Crippen LogP contribution is 2.56. The first kappa shape index (κ1) is 26.3. The average Bonchev–Trinajstić information content (AvgIpc) is 3.41. The quantitative estimate of drug-likeness (QED) is 0.589. The zero-order valence-electron chi connectivity index (χ0n) is 22.6. The van der Waals surface area contributed by atoms with Crippen LogP contribution in [0.3, 0.4) is 0 Å². The van der Waals surface area contributed by atoms with Crippen molar-refractivity contribution in [3.05, 3.63) is 40.1 Å². The standard InChI is InChI=1S/C28H41F3N6O/c1-19-6-4-11-35(14-19)15-20-12-23(28(29,30)31)24-17-36(26(38)37(24)16-20)22-8-3-7-21(13-22)27(9-5-10-27)25-33-32-18-34(25)2/h12,16-17,19,21-22,25,32-33H,3-11,13-15,18H2,1-2H3/t19-,21?,22?,25?/m0/s1. The van der Waals surface area contributed by atoms with Crippen LogP contribution in [0.5, 0.6) is 0 Å². The van der Waals surface area contributed by atoms with Gasteiger partial charge in [-0.25, -0.2) is 15.6 Å². The van der Waals surface area contributed by atoms with Crippen LogP contribution >= 0.6 is 0 Å². The Bertz CT molecular complexity index is 1220. The maximum absolute atomic E-state index is 14.2. The zero-order chi connectivity index (χ0) is 26.7. The monoisotopic (exact) mass is 534 g/mol. The van der Waals surface area contributed by atoms with E-state index in [1.807, 2.05) is 0 Å². The van der Waals surface area contributed by atoms with E-state index in [-0.39, 0.29) is 28.8 Å². The Morgan fingerprint density at radius 2 is 1.92 bits per heavy atom. The van der Waals surface area contributed by atoms with E-state index in [2.05, 4.69) is 34.6 Å². The third kappa shape index (κ3) is 4.61. The van der Waals surface area contributed by atoms with Gasteiger partial charge in [-0.1, -0.05) is 19.8 Å². The van der Waals surface area contributed by atoms with Crippen molar-refractivity contribution in [1.82, 2.24) is 29.6 Å². The summed E-state index contributed by atoms with van der Waals surface area (Å²) < 4.78 is 45.6. The lowest BCUT2D eigenvalue weighted by Crippen LogP contribution is -2.57. The van der Waals surface area contributed by atoms with Gasteiger partial charge in [-0.15, -0.1) is 0 Å². The Kier molecular flexibility index (Phi) is 6.90. The molecule has 2 aliphatic heterocycles. The topological polar surface area (TPSA) is 57.0 Å². The van der Waals surface area contributed by atoms with E-state index in [0.717, 1.165) is 71.1 Å². The van der Waals surface area contributed by atoms with E-state index in [1.165, 1.54) is 23.1 Å². The molecule has 38 heavy (non-hydrogen) atoms. The van der Waals surface area contributed by atoms with E-state index < -0.39 is 11.7 Å². The number of pyridine rings is 1. The number of halogens is 3. The summed E-state index contributed by atoms with van der Waals surface area (Å²) in [6.45, 7) is 5.17. The van der Waals surface area contributed by atoms with Crippen molar-refractivity contribution in [3.8, 4) is 0 Å². The maximum atomic E-state index is 14.2. The molecule has 6 rings (SSSR count). The third-order valence-electron chi connectivity index (χ3n) is 9.99. The van der Waals surface area contributed by atoms with Crippen LogP contribution in [0.2, 0.25) is 0 Å². The fraction of sp³-hybridized carbons (Fsp3) is 0.750. The molecule has 0 spiro atoms. The fourth-order valence-corrected chi connectivity index (χ4v) is 8.01. The molecule has 2 aromatic heterocycles. The number of rotatable bonds is 5. The van der Waals surface area contributed by atoms with Gasteiger partial charge in [0.15, 0.2) is 0 Å². The number of aromatic nitrogens is 2. The molecule has 0 bridgehead atoms. The van der Waals surface area contributed by atoms with Crippen molar-refractivity contribution in [1.29, 1.82) is 0 Å². The molecule has 2 aromatic rings. The second-order valence-electron chi connectivity index (χ2n) is 12.6. The van der Waals surface area contributed by atoms with Crippen LogP contribution in [-0.2, 0) is 12.7 Å². The van der Waals surface area contributed by atoms with Gasteiger partial charge in [-0.3, -0.25) is 18.8 Å². The van der Waals surface area contributed by atoms with Gasteiger partial charge in [-0.05, 0) is 82.0 Å². The molecule has 0 radical (unpaired) electrons. The van der Waals surface area contributed by atoms with Crippen LogP contribution in [0.4, 0.5) is 13.2 Å². The van der Waals surface area contributed by atoms with Crippen LogP contribution in [-0.4, -0.2) is 51.7 Å². The highest BCUT2D eigenvalue weighted by atomic mass is 19.4. The molecule has 3 unspecified atom stereocenters. The van der Waals surface area contributed by atoms with E-state index in [4.69, 9.17) is 0 Å². The van der Waals surface area contributed by atoms with Crippen molar-refractivity contribution >= 4 is 5.52 Å². The normalized spacial score (nSPS) is 31.1. The molecule has 4 fully saturated rings. The van der Waals surface area contributed by atoms with Gasteiger partial charge in [0.2, 0.25) is 0 Å². The van der Waals surface area contributed by atoms with Gasteiger partial charge < -0.3 is 0 Å². The number of imidazole rings is 1. The largest absolute Gasteiger partial charge is 0.418 e. The third-order valence-corrected chi connectivity index (χ3v) is 9.99. The van der Waals surface area contributed by atoms with Crippen molar-refractivity contribution in [3.63, 3.8) is 0 Å². The number of alkyl halides is 3. The first-order valence-corrected chi connectivity index (χ1v) is 14.4. The highest BCUT2D eigenvalue weighted by Gasteiger charge is 2.53. The van der Waals surface area contributed by atoms with Crippen LogP contribution < -0.4 is 16.5 Å². The van der Waals surface area contributed by atoms with Gasteiger partial charge in [0.05, 0.1) is 23.9 Å². The number of hydrogen-bond acceptors (Lipinski definition) is 5. The van der Waals surface area contributed by atoms with Crippen molar-refractivity contribution < 1.29 is 13.2 Å². The predicted octanol–water partition coefficient (Wildman–Crippen LogP) is 4.58. The Morgan fingerprint density at radius 3 is 2.58 bits per heavy atom. The highest BCUT2D eigenvalue weighted by molar-refractivity contribution is 5.56. The van der Waals surface area contributed by atoms with Crippen molar-refractivity contribution in [2.24, 2.45) is 17.3 Å². The minimum Gasteiger partial charge on any atom is -0.299 e. The first-order valence-electron chi connectivity index (χ1n) is 14.4. The summed E-state index contributed by atoms with van der Waals surface area (Å²) in [6, 6.07) is 1.19.